The summed E-state index contributed by atoms with van der Waals surface area (Å²) in [7, 11) is 0. The summed E-state index contributed by atoms with van der Waals surface area (Å²) >= 11 is 0. The van der Waals surface area contributed by atoms with Crippen molar-refractivity contribution in [3.05, 3.63) is 35.9 Å². The van der Waals surface area contributed by atoms with Crippen molar-refractivity contribution in [2.45, 2.75) is 51.2 Å². The quantitative estimate of drug-likeness (QED) is 0.893. The van der Waals surface area contributed by atoms with Gasteiger partial charge in [0.05, 0.1) is 0 Å². The van der Waals surface area contributed by atoms with Crippen molar-refractivity contribution in [3.8, 4) is 0 Å². The summed E-state index contributed by atoms with van der Waals surface area (Å²) in [6.45, 7) is 8.12. The third kappa shape index (κ3) is 3.01. The Morgan fingerprint density at radius 2 is 2.00 bits per heavy atom. The van der Waals surface area contributed by atoms with Crippen LogP contribution in [0.25, 0.3) is 0 Å². The number of hydrogen-bond acceptors (Lipinski definition) is 2. The lowest BCUT2D eigenvalue weighted by Gasteiger charge is -2.46. The van der Waals surface area contributed by atoms with Gasteiger partial charge in [-0.3, -0.25) is 4.90 Å². The molecule has 0 spiro atoms. The Balaban J connectivity index is 1.73. The lowest BCUT2D eigenvalue weighted by atomic mass is 9.91. The van der Waals surface area contributed by atoms with E-state index in [2.05, 4.69) is 54.4 Å². The molecule has 2 fully saturated rings. The maximum atomic E-state index is 3.79. The van der Waals surface area contributed by atoms with E-state index in [9.17, 15) is 0 Å². The molecule has 3 rings (SSSR count). The zero-order valence-electron chi connectivity index (χ0n) is 12.2. The van der Waals surface area contributed by atoms with Gasteiger partial charge in [-0.05, 0) is 37.7 Å². The number of benzene rings is 1. The molecule has 1 saturated carbocycles. The van der Waals surface area contributed by atoms with Crippen molar-refractivity contribution in [2.24, 2.45) is 5.92 Å². The summed E-state index contributed by atoms with van der Waals surface area (Å²) in [6, 6.07) is 11.7. The summed E-state index contributed by atoms with van der Waals surface area (Å²) in [5, 5.41) is 3.79. The van der Waals surface area contributed by atoms with E-state index in [-0.39, 0.29) is 0 Å². The maximum absolute atomic E-state index is 3.79. The first-order chi connectivity index (χ1) is 9.20. The van der Waals surface area contributed by atoms with Crippen molar-refractivity contribution in [1.82, 2.24) is 10.2 Å². The van der Waals surface area contributed by atoms with Crippen molar-refractivity contribution in [3.63, 3.8) is 0 Å². The minimum atomic E-state index is 0.292. The molecule has 1 aromatic carbocycles. The zero-order chi connectivity index (χ0) is 13.3. The molecule has 0 aromatic heterocycles. The Labute approximate surface area is 117 Å². The van der Waals surface area contributed by atoms with Crippen molar-refractivity contribution in [2.75, 3.05) is 13.1 Å². The van der Waals surface area contributed by atoms with Crippen molar-refractivity contribution < 1.29 is 0 Å². The first-order valence-corrected chi connectivity index (χ1v) is 7.73. The first kappa shape index (κ1) is 13.1. The molecular weight excluding hydrogens is 232 g/mol. The standard InChI is InChI=1S/C17H26N2/c1-3-17(2)13-19(12-14-7-5-4-6-8-14)16(11-18-17)15-9-10-15/h4-8,15-16,18H,3,9-13H2,1-2H3. The van der Waals surface area contributed by atoms with Gasteiger partial charge in [0.25, 0.3) is 0 Å². The SMILES string of the molecule is CCC1(C)CN(Cc2ccccc2)C(C2CC2)CN1. The Morgan fingerprint density at radius 1 is 1.26 bits per heavy atom. The van der Waals surface area contributed by atoms with Gasteiger partial charge in [-0.2, -0.15) is 0 Å². The second kappa shape index (κ2) is 5.26. The highest BCUT2D eigenvalue weighted by Crippen LogP contribution is 2.38. The second-order valence-electron chi connectivity index (χ2n) is 6.59. The van der Waals surface area contributed by atoms with Gasteiger partial charge in [-0.25, -0.2) is 0 Å². The van der Waals surface area contributed by atoms with Crippen LogP contribution in [0, 0.1) is 5.92 Å². The summed E-state index contributed by atoms with van der Waals surface area (Å²) in [6.07, 6.45) is 4.07. The molecule has 1 aliphatic carbocycles. The van der Waals surface area contributed by atoms with Crippen LogP contribution in [0.15, 0.2) is 30.3 Å². The number of nitrogens with zero attached hydrogens (tertiary/aromatic N) is 1. The van der Waals surface area contributed by atoms with Crippen LogP contribution in [0.1, 0.15) is 38.7 Å². The molecule has 19 heavy (non-hydrogen) atoms. The molecule has 104 valence electrons. The molecule has 2 heteroatoms. The molecule has 2 aliphatic rings. The van der Waals surface area contributed by atoms with Gasteiger partial charge in [0.2, 0.25) is 0 Å². The van der Waals surface area contributed by atoms with Gasteiger partial charge >= 0.3 is 0 Å². The van der Waals surface area contributed by atoms with E-state index in [1.165, 1.54) is 37.9 Å². The third-order valence-electron chi connectivity index (χ3n) is 4.93. The molecular formula is C17H26N2. The van der Waals surface area contributed by atoms with Crippen LogP contribution < -0.4 is 5.32 Å². The van der Waals surface area contributed by atoms with E-state index >= 15 is 0 Å². The van der Waals surface area contributed by atoms with Gasteiger partial charge in [-0.1, -0.05) is 37.3 Å². The van der Waals surface area contributed by atoms with Crippen LogP contribution in [-0.4, -0.2) is 29.6 Å². The van der Waals surface area contributed by atoms with Crippen LogP contribution in [0.3, 0.4) is 0 Å². The van der Waals surface area contributed by atoms with E-state index in [0.29, 0.717) is 5.54 Å². The van der Waals surface area contributed by atoms with E-state index in [4.69, 9.17) is 0 Å². The molecule has 0 amide bonds. The summed E-state index contributed by atoms with van der Waals surface area (Å²) in [5.41, 5.74) is 1.74. The van der Waals surface area contributed by atoms with E-state index in [0.717, 1.165) is 18.5 Å². The topological polar surface area (TPSA) is 15.3 Å². The molecule has 1 aromatic rings. The number of hydrogen-bond donors (Lipinski definition) is 1. The average Bonchev–Trinajstić information content (AvgIpc) is 3.25. The van der Waals surface area contributed by atoms with Gasteiger partial charge < -0.3 is 5.32 Å². The minimum absolute atomic E-state index is 0.292. The fourth-order valence-corrected chi connectivity index (χ4v) is 3.28. The monoisotopic (exact) mass is 258 g/mol. The fraction of sp³-hybridized carbons (Fsp3) is 0.647. The molecule has 0 radical (unpaired) electrons. The molecule has 2 nitrogen and oxygen atoms in total. The predicted octanol–water partition coefficient (Wildman–Crippen LogP) is 3.04. The van der Waals surface area contributed by atoms with Gasteiger partial charge in [0, 0.05) is 31.2 Å². The third-order valence-corrected chi connectivity index (χ3v) is 4.93. The Bertz CT molecular complexity index is 413. The van der Waals surface area contributed by atoms with Crippen molar-refractivity contribution >= 4 is 0 Å². The Hall–Kier alpha value is -0.860. The highest BCUT2D eigenvalue weighted by atomic mass is 15.3. The van der Waals surface area contributed by atoms with E-state index in [1.807, 2.05) is 0 Å². The molecule has 0 bridgehead atoms. The molecule has 1 heterocycles. The van der Waals surface area contributed by atoms with E-state index in [1.54, 1.807) is 0 Å². The highest BCUT2D eigenvalue weighted by Gasteiger charge is 2.41. The lowest BCUT2D eigenvalue weighted by molar-refractivity contribution is 0.0662. The maximum Gasteiger partial charge on any atom is 0.0278 e. The lowest BCUT2D eigenvalue weighted by Crippen LogP contribution is -2.62. The van der Waals surface area contributed by atoms with Crippen LogP contribution in [0.5, 0.6) is 0 Å². The summed E-state index contributed by atoms with van der Waals surface area (Å²) in [4.78, 5) is 2.73. The number of nitrogens with one attached hydrogen (secondary N) is 1. The average molecular weight is 258 g/mol. The number of rotatable bonds is 4. The predicted molar refractivity (Wildman–Crippen MR) is 80.1 cm³/mol. The van der Waals surface area contributed by atoms with Crippen LogP contribution >= 0.6 is 0 Å². The minimum Gasteiger partial charge on any atom is -0.309 e. The normalized spacial score (nSPS) is 32.4. The number of piperazine rings is 1. The van der Waals surface area contributed by atoms with Crippen LogP contribution in [0.4, 0.5) is 0 Å². The van der Waals surface area contributed by atoms with Crippen LogP contribution in [-0.2, 0) is 6.54 Å². The largest absolute Gasteiger partial charge is 0.309 e. The Morgan fingerprint density at radius 3 is 2.63 bits per heavy atom. The zero-order valence-corrected chi connectivity index (χ0v) is 12.2. The molecule has 2 unspecified atom stereocenters. The van der Waals surface area contributed by atoms with E-state index < -0.39 is 0 Å². The van der Waals surface area contributed by atoms with Gasteiger partial charge in [0.1, 0.15) is 0 Å². The molecule has 1 aliphatic heterocycles. The van der Waals surface area contributed by atoms with Crippen molar-refractivity contribution in [1.29, 1.82) is 0 Å². The Kier molecular flexibility index (Phi) is 3.64. The second-order valence-corrected chi connectivity index (χ2v) is 6.59. The molecule has 1 saturated heterocycles. The fourth-order valence-electron chi connectivity index (χ4n) is 3.28. The van der Waals surface area contributed by atoms with Crippen LogP contribution in [0.2, 0.25) is 0 Å². The van der Waals surface area contributed by atoms with Gasteiger partial charge in [0.15, 0.2) is 0 Å². The van der Waals surface area contributed by atoms with Gasteiger partial charge in [-0.15, -0.1) is 0 Å². The first-order valence-electron chi connectivity index (χ1n) is 7.73. The molecule has 1 N–H and O–H groups in total. The highest BCUT2D eigenvalue weighted by molar-refractivity contribution is 5.15. The summed E-state index contributed by atoms with van der Waals surface area (Å²) in [5.74, 6) is 0.942. The molecule has 2 atom stereocenters. The smallest absolute Gasteiger partial charge is 0.0278 e. The summed E-state index contributed by atoms with van der Waals surface area (Å²) < 4.78 is 0.